The molecule has 0 heterocycles. The van der Waals surface area contributed by atoms with Crippen molar-refractivity contribution in [1.29, 1.82) is 0 Å². The molecule has 0 bridgehead atoms. The van der Waals surface area contributed by atoms with E-state index in [1.165, 1.54) is 18.4 Å². The summed E-state index contributed by atoms with van der Waals surface area (Å²) in [7, 11) is 3.83. The van der Waals surface area contributed by atoms with Crippen molar-refractivity contribution >= 4 is 15.9 Å². The molecule has 1 aromatic rings. The second-order valence-electron chi connectivity index (χ2n) is 5.32. The first-order valence-electron chi connectivity index (χ1n) is 6.32. The summed E-state index contributed by atoms with van der Waals surface area (Å²) in [6.07, 6.45) is 3.38. The Balaban J connectivity index is 1.84. The van der Waals surface area contributed by atoms with E-state index in [-0.39, 0.29) is 5.54 Å². The Bertz CT molecular complexity index is 418. The highest BCUT2D eigenvalue weighted by Gasteiger charge is 2.38. The van der Waals surface area contributed by atoms with E-state index in [1.54, 1.807) is 7.11 Å². The molecule has 1 fully saturated rings. The highest BCUT2D eigenvalue weighted by Crippen LogP contribution is 2.32. The second-order valence-corrected chi connectivity index (χ2v) is 6.17. The summed E-state index contributed by atoms with van der Waals surface area (Å²) < 4.78 is 6.24. The zero-order chi connectivity index (χ0) is 13.2. The molecule has 4 heteroatoms. The number of nitrogens with two attached hydrogens (primary N) is 1. The molecule has 0 spiro atoms. The normalized spacial score (nSPS) is 16.9. The van der Waals surface area contributed by atoms with Gasteiger partial charge in [-0.25, -0.2) is 0 Å². The summed E-state index contributed by atoms with van der Waals surface area (Å²) in [5.41, 5.74) is 7.54. The summed E-state index contributed by atoms with van der Waals surface area (Å²) in [5.74, 6) is 0.881. The van der Waals surface area contributed by atoms with Gasteiger partial charge in [0, 0.05) is 18.6 Å². The van der Waals surface area contributed by atoms with Crippen LogP contribution in [0.25, 0.3) is 0 Å². The maximum Gasteiger partial charge on any atom is 0.133 e. The molecule has 2 rings (SSSR count). The Morgan fingerprint density at radius 1 is 1.44 bits per heavy atom. The minimum atomic E-state index is 0.106. The number of hydrogen-bond acceptors (Lipinski definition) is 3. The molecular formula is C14H21BrN2O. The zero-order valence-corrected chi connectivity index (χ0v) is 12.7. The Morgan fingerprint density at radius 3 is 2.72 bits per heavy atom. The van der Waals surface area contributed by atoms with Crippen molar-refractivity contribution in [2.75, 3.05) is 27.2 Å². The van der Waals surface area contributed by atoms with Gasteiger partial charge in [0.1, 0.15) is 5.75 Å². The number of rotatable bonds is 6. The van der Waals surface area contributed by atoms with Crippen molar-refractivity contribution in [2.45, 2.75) is 24.8 Å². The van der Waals surface area contributed by atoms with Crippen molar-refractivity contribution in [3.8, 4) is 5.75 Å². The van der Waals surface area contributed by atoms with Crippen molar-refractivity contribution in [1.82, 2.24) is 4.90 Å². The maximum absolute atomic E-state index is 6.11. The van der Waals surface area contributed by atoms with E-state index in [2.05, 4.69) is 40.0 Å². The Labute approximate surface area is 117 Å². The van der Waals surface area contributed by atoms with Crippen LogP contribution in [0.3, 0.4) is 0 Å². The van der Waals surface area contributed by atoms with Gasteiger partial charge in [-0.15, -0.1) is 0 Å². The molecule has 1 aliphatic rings. The molecule has 1 aromatic carbocycles. The molecule has 0 unspecified atom stereocenters. The van der Waals surface area contributed by atoms with Crippen LogP contribution in [0.2, 0.25) is 0 Å². The molecule has 100 valence electrons. The van der Waals surface area contributed by atoms with Gasteiger partial charge in [0.25, 0.3) is 0 Å². The lowest BCUT2D eigenvalue weighted by Crippen LogP contribution is -2.38. The molecule has 0 aromatic heterocycles. The van der Waals surface area contributed by atoms with Crippen molar-refractivity contribution in [2.24, 2.45) is 5.73 Å². The van der Waals surface area contributed by atoms with E-state index in [9.17, 15) is 0 Å². The van der Waals surface area contributed by atoms with Gasteiger partial charge < -0.3 is 15.4 Å². The monoisotopic (exact) mass is 312 g/mol. The van der Waals surface area contributed by atoms with Crippen LogP contribution < -0.4 is 10.5 Å². The third-order valence-corrected chi connectivity index (χ3v) is 4.10. The van der Waals surface area contributed by atoms with Crippen LogP contribution >= 0.6 is 15.9 Å². The molecule has 0 radical (unpaired) electrons. The Morgan fingerprint density at radius 2 is 2.17 bits per heavy atom. The first-order chi connectivity index (χ1) is 8.52. The summed E-state index contributed by atoms with van der Waals surface area (Å²) >= 11 is 3.51. The Hall–Kier alpha value is -0.580. The molecular weight excluding hydrogens is 292 g/mol. The van der Waals surface area contributed by atoms with Gasteiger partial charge in [-0.3, -0.25) is 0 Å². The Kier molecular flexibility index (Phi) is 4.30. The van der Waals surface area contributed by atoms with E-state index in [0.29, 0.717) is 0 Å². The van der Waals surface area contributed by atoms with Gasteiger partial charge >= 0.3 is 0 Å². The second kappa shape index (κ2) is 5.59. The standard InChI is InChI=1S/C14H21BrN2O/c1-17(10-14(16)6-7-14)8-5-11-3-4-13(18-2)12(15)9-11/h3-4,9H,5-8,10,16H2,1-2H3. The SMILES string of the molecule is COc1ccc(CCN(C)CC2(N)CC2)cc1Br. The van der Waals surface area contributed by atoms with Crippen LogP contribution in [-0.2, 0) is 6.42 Å². The first kappa shape index (κ1) is 13.8. The number of ether oxygens (including phenoxy) is 1. The number of methoxy groups -OCH3 is 1. The fourth-order valence-electron chi connectivity index (χ4n) is 2.12. The summed E-state index contributed by atoms with van der Waals surface area (Å²) in [4.78, 5) is 2.32. The van der Waals surface area contributed by atoms with Crippen LogP contribution in [0.15, 0.2) is 22.7 Å². The minimum Gasteiger partial charge on any atom is -0.496 e. The molecule has 0 saturated heterocycles. The number of likely N-dealkylation sites (N-methyl/N-ethyl adjacent to an activating group) is 1. The number of halogens is 1. The predicted octanol–water partition coefficient (Wildman–Crippen LogP) is 2.42. The van der Waals surface area contributed by atoms with E-state index in [4.69, 9.17) is 10.5 Å². The molecule has 0 aliphatic heterocycles. The van der Waals surface area contributed by atoms with E-state index < -0.39 is 0 Å². The van der Waals surface area contributed by atoms with Crippen LogP contribution in [-0.4, -0.2) is 37.7 Å². The minimum absolute atomic E-state index is 0.106. The van der Waals surface area contributed by atoms with Gasteiger partial charge in [0.15, 0.2) is 0 Å². The van der Waals surface area contributed by atoms with E-state index >= 15 is 0 Å². The number of hydrogen-bond donors (Lipinski definition) is 1. The average molecular weight is 313 g/mol. The summed E-state index contributed by atoms with van der Waals surface area (Å²) in [6, 6.07) is 6.25. The van der Waals surface area contributed by atoms with Crippen molar-refractivity contribution in [3.63, 3.8) is 0 Å². The molecule has 3 nitrogen and oxygen atoms in total. The van der Waals surface area contributed by atoms with Crippen LogP contribution in [0.5, 0.6) is 5.75 Å². The maximum atomic E-state index is 6.11. The molecule has 0 amide bonds. The summed E-state index contributed by atoms with van der Waals surface area (Å²) in [6.45, 7) is 2.04. The lowest BCUT2D eigenvalue weighted by molar-refractivity contribution is 0.306. The smallest absolute Gasteiger partial charge is 0.133 e. The fourth-order valence-corrected chi connectivity index (χ4v) is 2.71. The highest BCUT2D eigenvalue weighted by molar-refractivity contribution is 9.10. The molecule has 1 saturated carbocycles. The van der Waals surface area contributed by atoms with Crippen LogP contribution in [0.4, 0.5) is 0 Å². The van der Waals surface area contributed by atoms with Crippen LogP contribution in [0.1, 0.15) is 18.4 Å². The number of nitrogens with zero attached hydrogens (tertiary/aromatic N) is 1. The first-order valence-corrected chi connectivity index (χ1v) is 7.11. The quantitative estimate of drug-likeness (QED) is 0.876. The van der Waals surface area contributed by atoms with Gasteiger partial charge in [-0.05, 0) is 59.9 Å². The van der Waals surface area contributed by atoms with Crippen LogP contribution in [0, 0.1) is 0 Å². The topological polar surface area (TPSA) is 38.5 Å². The van der Waals surface area contributed by atoms with Gasteiger partial charge in [0.05, 0.1) is 11.6 Å². The number of benzene rings is 1. The lowest BCUT2D eigenvalue weighted by Gasteiger charge is -2.20. The summed E-state index contributed by atoms with van der Waals surface area (Å²) in [5, 5.41) is 0. The lowest BCUT2D eigenvalue weighted by atomic mass is 10.1. The fraction of sp³-hybridized carbons (Fsp3) is 0.571. The average Bonchev–Trinajstić information content (AvgIpc) is 3.04. The van der Waals surface area contributed by atoms with E-state index in [1.807, 2.05) is 6.07 Å². The van der Waals surface area contributed by atoms with Gasteiger partial charge in [0.2, 0.25) is 0 Å². The van der Waals surface area contributed by atoms with Crippen molar-refractivity contribution in [3.05, 3.63) is 28.2 Å². The molecule has 0 atom stereocenters. The van der Waals surface area contributed by atoms with Gasteiger partial charge in [-0.1, -0.05) is 6.07 Å². The zero-order valence-electron chi connectivity index (χ0n) is 11.1. The van der Waals surface area contributed by atoms with Gasteiger partial charge in [-0.2, -0.15) is 0 Å². The molecule has 18 heavy (non-hydrogen) atoms. The largest absolute Gasteiger partial charge is 0.496 e. The molecule has 2 N–H and O–H groups in total. The third-order valence-electron chi connectivity index (χ3n) is 3.48. The predicted molar refractivity (Wildman–Crippen MR) is 78.0 cm³/mol. The molecule has 1 aliphatic carbocycles. The third kappa shape index (κ3) is 3.70. The van der Waals surface area contributed by atoms with E-state index in [0.717, 1.165) is 29.7 Å². The highest BCUT2D eigenvalue weighted by atomic mass is 79.9. The van der Waals surface area contributed by atoms with Crippen molar-refractivity contribution < 1.29 is 4.74 Å².